The first kappa shape index (κ1) is 14.9. The van der Waals surface area contributed by atoms with Gasteiger partial charge < -0.3 is 0 Å². The Bertz CT molecular complexity index is 674. The Balaban J connectivity index is 2.04. The van der Waals surface area contributed by atoms with E-state index in [4.69, 9.17) is 0 Å². The van der Waals surface area contributed by atoms with Gasteiger partial charge in [0.1, 0.15) is 0 Å². The smallest absolute Gasteiger partial charge is 0.240 e. The van der Waals surface area contributed by atoms with Crippen LogP contribution in [0, 0.1) is 16.7 Å². The van der Waals surface area contributed by atoms with Crippen molar-refractivity contribution in [2.24, 2.45) is 16.7 Å². The van der Waals surface area contributed by atoms with E-state index in [0.29, 0.717) is 11.3 Å². The molecule has 2 fully saturated rings. The van der Waals surface area contributed by atoms with Crippen LogP contribution in [-0.4, -0.2) is 17.6 Å². The van der Waals surface area contributed by atoms with Crippen molar-refractivity contribution in [2.75, 3.05) is 4.90 Å². The van der Waals surface area contributed by atoms with Crippen molar-refractivity contribution in [3.05, 3.63) is 29.8 Å². The molecule has 0 spiro atoms. The van der Waals surface area contributed by atoms with Crippen LogP contribution in [0.5, 0.6) is 0 Å². The number of hydrogen-bond donors (Lipinski definition) is 0. The van der Waals surface area contributed by atoms with Crippen LogP contribution in [0.3, 0.4) is 0 Å². The first-order valence-electron chi connectivity index (χ1n) is 7.69. The zero-order valence-corrected chi connectivity index (χ0v) is 13.5. The molecule has 22 heavy (non-hydrogen) atoms. The summed E-state index contributed by atoms with van der Waals surface area (Å²) in [6, 6.07) is 6.71. The fourth-order valence-corrected chi connectivity index (χ4v) is 3.91. The number of imide groups is 1. The summed E-state index contributed by atoms with van der Waals surface area (Å²) in [6.07, 6.45) is 1.51. The number of nitrogens with zero attached hydrogens (tertiary/aromatic N) is 1. The molecule has 1 saturated heterocycles. The standard InChI is InChI=1S/C18H21NO3/c1-11(20)12-5-7-13(8-6-12)19-15(21)14-9-10-18(4,16(19)22)17(14,2)3/h5-8,14H,9-10H2,1-4H3/t14-,18-/m0/s1. The molecule has 0 aromatic heterocycles. The molecule has 4 nitrogen and oxygen atoms in total. The summed E-state index contributed by atoms with van der Waals surface area (Å²) < 4.78 is 0. The summed E-state index contributed by atoms with van der Waals surface area (Å²) in [5.74, 6) is -0.383. The van der Waals surface area contributed by atoms with E-state index in [1.165, 1.54) is 11.8 Å². The summed E-state index contributed by atoms with van der Waals surface area (Å²) >= 11 is 0. The number of carbonyl (C=O) groups excluding carboxylic acids is 3. The van der Waals surface area contributed by atoms with E-state index in [0.717, 1.165) is 12.8 Å². The van der Waals surface area contributed by atoms with Gasteiger partial charge in [-0.05, 0) is 49.4 Å². The summed E-state index contributed by atoms with van der Waals surface area (Å²) in [5, 5.41) is 0. The molecule has 2 bridgehead atoms. The molecule has 116 valence electrons. The Hall–Kier alpha value is -1.97. The maximum atomic E-state index is 13.0. The Morgan fingerprint density at radius 2 is 1.73 bits per heavy atom. The Kier molecular flexibility index (Phi) is 3.06. The Morgan fingerprint density at radius 1 is 1.14 bits per heavy atom. The highest BCUT2D eigenvalue weighted by Gasteiger charge is 2.64. The number of amides is 2. The van der Waals surface area contributed by atoms with Gasteiger partial charge in [-0.25, -0.2) is 4.90 Å². The van der Waals surface area contributed by atoms with Gasteiger partial charge in [-0.3, -0.25) is 14.4 Å². The number of fused-ring (bicyclic) bond motifs is 2. The largest absolute Gasteiger partial charge is 0.295 e. The molecule has 1 aromatic carbocycles. The lowest BCUT2D eigenvalue weighted by Crippen LogP contribution is -2.59. The van der Waals surface area contributed by atoms with Gasteiger partial charge in [-0.2, -0.15) is 0 Å². The van der Waals surface area contributed by atoms with Crippen LogP contribution in [0.1, 0.15) is 50.9 Å². The summed E-state index contributed by atoms with van der Waals surface area (Å²) in [5.41, 5.74) is 0.325. The summed E-state index contributed by atoms with van der Waals surface area (Å²) in [6.45, 7) is 7.52. The van der Waals surface area contributed by atoms with Crippen LogP contribution in [0.4, 0.5) is 5.69 Å². The van der Waals surface area contributed by atoms with Gasteiger partial charge >= 0.3 is 0 Å². The molecule has 0 radical (unpaired) electrons. The van der Waals surface area contributed by atoms with Crippen LogP contribution in [0.2, 0.25) is 0 Å². The number of benzene rings is 1. The summed E-state index contributed by atoms with van der Waals surface area (Å²) in [4.78, 5) is 38.5. The minimum Gasteiger partial charge on any atom is -0.295 e. The number of anilines is 1. The lowest BCUT2D eigenvalue weighted by atomic mass is 9.62. The number of Topliss-reactive ketones (excluding diaryl/α,β-unsaturated/α-hetero) is 1. The molecule has 2 atom stereocenters. The van der Waals surface area contributed by atoms with Gasteiger partial charge in [0.05, 0.1) is 11.1 Å². The predicted octanol–water partition coefficient (Wildman–Crippen LogP) is 3.20. The van der Waals surface area contributed by atoms with Gasteiger partial charge in [0.2, 0.25) is 11.8 Å². The van der Waals surface area contributed by atoms with Crippen LogP contribution >= 0.6 is 0 Å². The topological polar surface area (TPSA) is 54.5 Å². The zero-order chi connectivity index (χ0) is 16.3. The van der Waals surface area contributed by atoms with E-state index in [1.54, 1.807) is 24.3 Å². The third-order valence-corrected chi connectivity index (χ3v) is 5.95. The second-order valence-electron chi connectivity index (χ2n) is 7.23. The fourth-order valence-electron chi connectivity index (χ4n) is 3.91. The van der Waals surface area contributed by atoms with Crippen molar-refractivity contribution >= 4 is 23.3 Å². The van der Waals surface area contributed by atoms with Crippen LogP contribution in [0.25, 0.3) is 0 Å². The van der Waals surface area contributed by atoms with E-state index >= 15 is 0 Å². The number of ketones is 1. The predicted molar refractivity (Wildman–Crippen MR) is 83.6 cm³/mol. The average Bonchev–Trinajstić information content (AvgIpc) is 2.64. The third-order valence-electron chi connectivity index (χ3n) is 5.95. The zero-order valence-electron chi connectivity index (χ0n) is 13.5. The fraction of sp³-hybridized carbons (Fsp3) is 0.500. The molecule has 2 aliphatic rings. The maximum Gasteiger partial charge on any atom is 0.240 e. The second-order valence-corrected chi connectivity index (χ2v) is 7.23. The molecule has 1 aliphatic heterocycles. The van der Waals surface area contributed by atoms with Crippen molar-refractivity contribution in [1.82, 2.24) is 0 Å². The van der Waals surface area contributed by atoms with Crippen molar-refractivity contribution in [3.63, 3.8) is 0 Å². The molecular formula is C18H21NO3. The van der Waals surface area contributed by atoms with Crippen molar-refractivity contribution < 1.29 is 14.4 Å². The molecule has 1 aromatic rings. The normalized spacial score (nSPS) is 29.8. The number of carbonyl (C=O) groups is 3. The van der Waals surface area contributed by atoms with Crippen LogP contribution in [-0.2, 0) is 9.59 Å². The SMILES string of the molecule is CC(=O)c1ccc(N2C(=O)[C@@H]3CC[C@@](C)(C2=O)C3(C)C)cc1. The van der Waals surface area contributed by atoms with Gasteiger partial charge in [-0.1, -0.05) is 20.8 Å². The van der Waals surface area contributed by atoms with E-state index in [1.807, 2.05) is 20.8 Å². The van der Waals surface area contributed by atoms with E-state index in [9.17, 15) is 14.4 Å². The molecule has 1 saturated carbocycles. The monoisotopic (exact) mass is 299 g/mol. The van der Waals surface area contributed by atoms with Crippen LogP contribution in [0.15, 0.2) is 24.3 Å². The minimum absolute atomic E-state index is 0.0315. The van der Waals surface area contributed by atoms with Gasteiger partial charge in [0.25, 0.3) is 0 Å². The van der Waals surface area contributed by atoms with Crippen molar-refractivity contribution in [2.45, 2.75) is 40.5 Å². The molecule has 2 amide bonds. The molecular weight excluding hydrogens is 278 g/mol. The highest BCUT2D eigenvalue weighted by Crippen LogP contribution is 2.60. The highest BCUT2D eigenvalue weighted by molar-refractivity contribution is 6.20. The average molecular weight is 299 g/mol. The van der Waals surface area contributed by atoms with Gasteiger partial charge in [0, 0.05) is 11.5 Å². The van der Waals surface area contributed by atoms with Crippen molar-refractivity contribution in [1.29, 1.82) is 0 Å². The number of hydrogen-bond acceptors (Lipinski definition) is 3. The molecule has 0 unspecified atom stereocenters. The highest BCUT2D eigenvalue weighted by atomic mass is 16.2. The summed E-state index contributed by atoms with van der Waals surface area (Å²) in [7, 11) is 0. The van der Waals surface area contributed by atoms with Gasteiger partial charge in [-0.15, -0.1) is 0 Å². The molecule has 0 N–H and O–H groups in total. The number of rotatable bonds is 2. The molecule has 4 heteroatoms. The van der Waals surface area contributed by atoms with E-state index in [2.05, 4.69) is 0 Å². The lowest BCUT2D eigenvalue weighted by molar-refractivity contribution is -0.146. The van der Waals surface area contributed by atoms with E-state index < -0.39 is 5.41 Å². The first-order chi connectivity index (χ1) is 10.2. The lowest BCUT2D eigenvalue weighted by Gasteiger charge is -2.47. The quantitative estimate of drug-likeness (QED) is 0.622. The first-order valence-corrected chi connectivity index (χ1v) is 7.69. The van der Waals surface area contributed by atoms with Crippen LogP contribution < -0.4 is 4.90 Å². The van der Waals surface area contributed by atoms with Gasteiger partial charge in [0.15, 0.2) is 5.78 Å². The maximum absolute atomic E-state index is 13.0. The minimum atomic E-state index is -0.509. The third kappa shape index (κ3) is 1.73. The molecule has 1 aliphatic carbocycles. The van der Waals surface area contributed by atoms with Crippen molar-refractivity contribution in [3.8, 4) is 0 Å². The van der Waals surface area contributed by atoms with E-state index in [-0.39, 0.29) is 28.9 Å². The molecule has 3 rings (SSSR count). The second kappa shape index (κ2) is 4.51. The Morgan fingerprint density at radius 3 is 2.27 bits per heavy atom. The molecule has 1 heterocycles. The Labute approximate surface area is 130 Å². The number of piperidine rings is 1.